The molecule has 1 atom stereocenters. The molecule has 0 fully saturated rings. The molecule has 0 aliphatic carbocycles. The zero-order chi connectivity index (χ0) is 18.5. The quantitative estimate of drug-likeness (QED) is 0.692. The molecule has 9 heteroatoms. The average molecular weight is 370 g/mol. The molecule has 3 aromatic rings. The van der Waals surface area contributed by atoms with Gasteiger partial charge in [0.1, 0.15) is 0 Å². The Bertz CT molecular complexity index is 906. The van der Waals surface area contributed by atoms with Gasteiger partial charge >= 0.3 is 0 Å². The van der Waals surface area contributed by atoms with Gasteiger partial charge in [-0.1, -0.05) is 18.2 Å². The van der Waals surface area contributed by atoms with Crippen molar-refractivity contribution in [1.82, 2.24) is 25.5 Å². The number of aryl methyl sites for hydroxylation is 1. The minimum atomic E-state index is -0.348. The lowest BCUT2D eigenvalue weighted by molar-refractivity contribution is -0.120. The van der Waals surface area contributed by atoms with E-state index in [-0.39, 0.29) is 24.3 Å². The second-order valence-electron chi connectivity index (χ2n) is 5.73. The van der Waals surface area contributed by atoms with E-state index in [0.29, 0.717) is 11.5 Å². The number of carbonyl (C=O) groups excluding carboxylic acids is 2. The number of amides is 2. The van der Waals surface area contributed by atoms with Crippen LogP contribution in [-0.4, -0.2) is 32.0 Å². The van der Waals surface area contributed by atoms with Crippen LogP contribution < -0.4 is 10.6 Å². The highest BCUT2D eigenvalue weighted by atomic mass is 32.1. The molecule has 0 saturated heterocycles. The van der Waals surface area contributed by atoms with Crippen LogP contribution in [0.25, 0.3) is 11.4 Å². The first kappa shape index (κ1) is 17.7. The summed E-state index contributed by atoms with van der Waals surface area (Å²) in [7, 11) is 1.75. The van der Waals surface area contributed by atoms with Crippen molar-refractivity contribution in [1.29, 1.82) is 0 Å². The number of aromatic nitrogens is 4. The van der Waals surface area contributed by atoms with Crippen LogP contribution in [0.2, 0.25) is 0 Å². The predicted octanol–water partition coefficient (Wildman–Crippen LogP) is 2.14. The minimum Gasteiger partial charge on any atom is -0.348 e. The Morgan fingerprint density at radius 2 is 2.12 bits per heavy atom. The third kappa shape index (κ3) is 4.31. The number of hydrogen-bond acceptors (Lipinski definition) is 6. The van der Waals surface area contributed by atoms with E-state index < -0.39 is 0 Å². The summed E-state index contributed by atoms with van der Waals surface area (Å²) < 4.78 is 1.56. The summed E-state index contributed by atoms with van der Waals surface area (Å²) >= 11 is 1.50. The number of rotatable bonds is 6. The van der Waals surface area contributed by atoms with Gasteiger partial charge in [0.05, 0.1) is 12.5 Å². The summed E-state index contributed by atoms with van der Waals surface area (Å²) in [6.07, 6.45) is 0.149. The highest BCUT2D eigenvalue weighted by Crippen LogP contribution is 2.24. The molecule has 2 aromatic heterocycles. The lowest BCUT2D eigenvalue weighted by Crippen LogP contribution is -2.29. The molecule has 3 rings (SSSR count). The number of benzene rings is 1. The first-order valence-corrected chi connectivity index (χ1v) is 8.84. The lowest BCUT2D eigenvalue weighted by atomic mass is 10.1. The third-order valence-electron chi connectivity index (χ3n) is 3.68. The Morgan fingerprint density at radius 1 is 1.27 bits per heavy atom. The van der Waals surface area contributed by atoms with E-state index in [1.165, 1.54) is 18.3 Å². The fraction of sp³-hybridized carbons (Fsp3) is 0.235. The van der Waals surface area contributed by atoms with Gasteiger partial charge in [-0.15, -0.1) is 16.4 Å². The molecule has 0 saturated carbocycles. The van der Waals surface area contributed by atoms with Crippen molar-refractivity contribution in [3.05, 3.63) is 46.7 Å². The molecule has 2 heterocycles. The van der Waals surface area contributed by atoms with Gasteiger partial charge in [0.2, 0.25) is 11.8 Å². The standard InChI is InChI=1S/C17H18N6O2S/c1-11(24)18-14(15-7-4-8-26-15)10-16(25)19-13-6-3-5-12(9-13)17-20-21-22-23(17)2/h3-9,14H,10H2,1-2H3,(H,18,24)(H,19,25). The van der Waals surface area contributed by atoms with Crippen LogP contribution in [0.3, 0.4) is 0 Å². The number of nitrogens with one attached hydrogen (secondary N) is 2. The minimum absolute atomic E-state index is 0.149. The molecule has 2 amide bonds. The fourth-order valence-corrected chi connectivity index (χ4v) is 3.34. The molecule has 26 heavy (non-hydrogen) atoms. The number of anilines is 1. The second kappa shape index (κ2) is 7.87. The van der Waals surface area contributed by atoms with Crippen LogP contribution in [0.1, 0.15) is 24.3 Å². The van der Waals surface area contributed by atoms with Crippen LogP contribution in [-0.2, 0) is 16.6 Å². The molecule has 0 radical (unpaired) electrons. The molecular formula is C17H18N6O2S. The van der Waals surface area contributed by atoms with Crippen molar-refractivity contribution in [3.63, 3.8) is 0 Å². The van der Waals surface area contributed by atoms with Crippen LogP contribution in [0.5, 0.6) is 0 Å². The van der Waals surface area contributed by atoms with Crippen molar-refractivity contribution in [2.75, 3.05) is 5.32 Å². The monoisotopic (exact) mass is 370 g/mol. The smallest absolute Gasteiger partial charge is 0.226 e. The molecule has 134 valence electrons. The Balaban J connectivity index is 1.71. The highest BCUT2D eigenvalue weighted by molar-refractivity contribution is 7.10. The average Bonchev–Trinajstić information content (AvgIpc) is 3.25. The molecule has 1 aromatic carbocycles. The Hall–Kier alpha value is -3.07. The fourth-order valence-electron chi connectivity index (χ4n) is 2.57. The van der Waals surface area contributed by atoms with Crippen LogP contribution >= 0.6 is 11.3 Å². The van der Waals surface area contributed by atoms with Gasteiger partial charge in [-0.2, -0.15) is 0 Å². The Labute approximate surface area is 154 Å². The summed E-state index contributed by atoms with van der Waals surface area (Å²) in [4.78, 5) is 24.8. The molecule has 0 aliphatic heterocycles. The van der Waals surface area contributed by atoms with Gasteiger partial charge in [0.15, 0.2) is 5.82 Å². The topological polar surface area (TPSA) is 102 Å². The van der Waals surface area contributed by atoms with E-state index in [9.17, 15) is 9.59 Å². The molecule has 1 unspecified atom stereocenters. The maximum atomic E-state index is 12.5. The number of tetrazole rings is 1. The zero-order valence-corrected chi connectivity index (χ0v) is 15.2. The first-order valence-electron chi connectivity index (χ1n) is 7.96. The van der Waals surface area contributed by atoms with E-state index in [1.807, 2.05) is 35.7 Å². The van der Waals surface area contributed by atoms with Crippen LogP contribution in [0.15, 0.2) is 41.8 Å². The van der Waals surface area contributed by atoms with E-state index in [0.717, 1.165) is 10.4 Å². The van der Waals surface area contributed by atoms with Crippen molar-refractivity contribution in [3.8, 4) is 11.4 Å². The second-order valence-corrected chi connectivity index (χ2v) is 6.71. The van der Waals surface area contributed by atoms with Crippen molar-refractivity contribution >= 4 is 28.8 Å². The summed E-state index contributed by atoms with van der Waals surface area (Å²) in [5, 5.41) is 19.0. The van der Waals surface area contributed by atoms with Crippen LogP contribution in [0.4, 0.5) is 5.69 Å². The highest BCUT2D eigenvalue weighted by Gasteiger charge is 2.18. The summed E-state index contributed by atoms with van der Waals surface area (Å²) in [6, 6.07) is 10.7. The van der Waals surface area contributed by atoms with E-state index in [1.54, 1.807) is 17.8 Å². The normalized spacial score (nSPS) is 11.8. The van der Waals surface area contributed by atoms with E-state index >= 15 is 0 Å². The summed E-state index contributed by atoms with van der Waals surface area (Å²) in [5.41, 5.74) is 1.44. The Morgan fingerprint density at radius 3 is 2.77 bits per heavy atom. The first-order chi connectivity index (χ1) is 12.5. The Kier molecular flexibility index (Phi) is 5.37. The number of carbonyl (C=O) groups is 2. The number of nitrogens with zero attached hydrogens (tertiary/aromatic N) is 4. The van der Waals surface area contributed by atoms with Gasteiger partial charge in [0.25, 0.3) is 0 Å². The summed E-state index contributed by atoms with van der Waals surface area (Å²) in [6.45, 7) is 1.44. The summed E-state index contributed by atoms with van der Waals surface area (Å²) in [5.74, 6) is 0.245. The molecule has 0 bridgehead atoms. The van der Waals surface area contributed by atoms with Gasteiger partial charge in [0, 0.05) is 30.1 Å². The predicted molar refractivity (Wildman–Crippen MR) is 98.4 cm³/mol. The molecule has 0 spiro atoms. The maximum absolute atomic E-state index is 12.5. The van der Waals surface area contributed by atoms with Crippen molar-refractivity contribution in [2.24, 2.45) is 7.05 Å². The van der Waals surface area contributed by atoms with E-state index in [2.05, 4.69) is 26.2 Å². The van der Waals surface area contributed by atoms with Gasteiger partial charge in [-0.05, 0) is 34.0 Å². The number of thiophene rings is 1. The lowest BCUT2D eigenvalue weighted by Gasteiger charge is -2.16. The SMILES string of the molecule is CC(=O)NC(CC(=O)Nc1cccc(-c2nnnn2C)c1)c1cccs1. The molecular weight excluding hydrogens is 352 g/mol. The zero-order valence-electron chi connectivity index (χ0n) is 14.3. The van der Waals surface area contributed by atoms with Crippen molar-refractivity contribution in [2.45, 2.75) is 19.4 Å². The van der Waals surface area contributed by atoms with Crippen LogP contribution in [0, 0.1) is 0 Å². The van der Waals surface area contributed by atoms with Gasteiger partial charge in [-0.3, -0.25) is 9.59 Å². The largest absolute Gasteiger partial charge is 0.348 e. The van der Waals surface area contributed by atoms with Gasteiger partial charge < -0.3 is 10.6 Å². The van der Waals surface area contributed by atoms with Gasteiger partial charge in [-0.25, -0.2) is 4.68 Å². The third-order valence-corrected chi connectivity index (χ3v) is 4.66. The molecule has 8 nitrogen and oxygen atoms in total. The molecule has 2 N–H and O–H groups in total. The van der Waals surface area contributed by atoms with Crippen molar-refractivity contribution < 1.29 is 9.59 Å². The maximum Gasteiger partial charge on any atom is 0.226 e. The molecule has 0 aliphatic rings. The van der Waals surface area contributed by atoms with E-state index in [4.69, 9.17) is 0 Å². The number of hydrogen-bond donors (Lipinski definition) is 2.